The van der Waals surface area contributed by atoms with E-state index in [0.29, 0.717) is 18.2 Å². The van der Waals surface area contributed by atoms with Gasteiger partial charge in [0.2, 0.25) is 5.91 Å². The van der Waals surface area contributed by atoms with Crippen LogP contribution in [0, 0.1) is 0 Å². The molecule has 23 heavy (non-hydrogen) atoms. The van der Waals surface area contributed by atoms with Gasteiger partial charge in [0.05, 0.1) is 6.61 Å². The number of pyridine rings is 1. The lowest BCUT2D eigenvalue weighted by molar-refractivity contribution is -0.129. The van der Waals surface area contributed by atoms with Gasteiger partial charge in [0.15, 0.2) is 5.69 Å². The topological polar surface area (TPSA) is 63.9 Å². The van der Waals surface area contributed by atoms with Crippen LogP contribution in [0.3, 0.4) is 0 Å². The SMILES string of the molecule is CCOC(=O)c1cn2cc(C3CCN(C(C)=O)CC3)ccc2n1. The number of amides is 1. The summed E-state index contributed by atoms with van der Waals surface area (Å²) < 4.78 is 6.86. The van der Waals surface area contributed by atoms with Gasteiger partial charge in [-0.1, -0.05) is 6.07 Å². The van der Waals surface area contributed by atoms with Crippen molar-refractivity contribution in [2.75, 3.05) is 19.7 Å². The molecular formula is C17H21N3O3. The van der Waals surface area contributed by atoms with E-state index < -0.39 is 5.97 Å². The zero-order valence-electron chi connectivity index (χ0n) is 13.5. The zero-order chi connectivity index (χ0) is 16.4. The van der Waals surface area contributed by atoms with E-state index in [4.69, 9.17) is 4.74 Å². The highest BCUT2D eigenvalue weighted by molar-refractivity contribution is 5.87. The molecule has 122 valence electrons. The van der Waals surface area contributed by atoms with E-state index in [1.165, 1.54) is 5.56 Å². The quantitative estimate of drug-likeness (QED) is 0.815. The monoisotopic (exact) mass is 315 g/mol. The zero-order valence-corrected chi connectivity index (χ0v) is 13.5. The van der Waals surface area contributed by atoms with Crippen LogP contribution in [-0.2, 0) is 9.53 Å². The molecule has 2 aromatic rings. The summed E-state index contributed by atoms with van der Waals surface area (Å²) in [6.45, 7) is 5.34. The van der Waals surface area contributed by atoms with Crippen LogP contribution in [0.25, 0.3) is 5.65 Å². The minimum absolute atomic E-state index is 0.146. The normalized spacial score (nSPS) is 15.8. The third-order valence-corrected chi connectivity index (χ3v) is 4.37. The van der Waals surface area contributed by atoms with Crippen LogP contribution in [0.15, 0.2) is 24.5 Å². The summed E-state index contributed by atoms with van der Waals surface area (Å²) in [6, 6.07) is 3.99. The maximum absolute atomic E-state index is 11.8. The highest BCUT2D eigenvalue weighted by Gasteiger charge is 2.22. The van der Waals surface area contributed by atoms with Gasteiger partial charge in [0.25, 0.3) is 0 Å². The fourth-order valence-electron chi connectivity index (χ4n) is 3.08. The summed E-state index contributed by atoms with van der Waals surface area (Å²) in [7, 11) is 0. The molecule has 1 aliphatic rings. The minimum atomic E-state index is -0.396. The molecule has 1 saturated heterocycles. The fraction of sp³-hybridized carbons (Fsp3) is 0.471. The Bertz CT molecular complexity index is 730. The van der Waals surface area contributed by atoms with Gasteiger partial charge in [-0.25, -0.2) is 9.78 Å². The van der Waals surface area contributed by atoms with Crippen molar-refractivity contribution in [1.29, 1.82) is 0 Å². The van der Waals surface area contributed by atoms with Crippen LogP contribution >= 0.6 is 0 Å². The molecule has 6 heteroatoms. The second-order valence-electron chi connectivity index (χ2n) is 5.85. The Morgan fingerprint density at radius 1 is 1.26 bits per heavy atom. The lowest BCUT2D eigenvalue weighted by atomic mass is 9.90. The maximum Gasteiger partial charge on any atom is 0.358 e. The van der Waals surface area contributed by atoms with Crippen LogP contribution in [0.4, 0.5) is 0 Å². The molecule has 6 nitrogen and oxygen atoms in total. The van der Waals surface area contributed by atoms with Crippen molar-refractivity contribution in [3.63, 3.8) is 0 Å². The molecule has 0 aromatic carbocycles. The molecular weight excluding hydrogens is 294 g/mol. The number of carbonyl (C=O) groups excluding carboxylic acids is 2. The third-order valence-electron chi connectivity index (χ3n) is 4.37. The lowest BCUT2D eigenvalue weighted by Crippen LogP contribution is -2.36. The standard InChI is InChI=1S/C17H21N3O3/c1-3-23-17(22)15-11-20-10-14(4-5-16(20)18-15)13-6-8-19(9-7-13)12(2)21/h4-5,10-11,13H,3,6-9H2,1-2H3. The number of esters is 1. The molecule has 0 unspecified atom stereocenters. The van der Waals surface area contributed by atoms with E-state index in [-0.39, 0.29) is 5.91 Å². The molecule has 0 saturated carbocycles. The average Bonchev–Trinajstić information content (AvgIpc) is 2.98. The number of likely N-dealkylation sites (tertiary alicyclic amines) is 1. The van der Waals surface area contributed by atoms with Gasteiger partial charge in [0.1, 0.15) is 5.65 Å². The molecule has 0 atom stereocenters. The van der Waals surface area contributed by atoms with E-state index in [9.17, 15) is 9.59 Å². The van der Waals surface area contributed by atoms with E-state index >= 15 is 0 Å². The highest BCUT2D eigenvalue weighted by Crippen LogP contribution is 2.28. The van der Waals surface area contributed by atoms with Crippen LogP contribution in [-0.4, -0.2) is 45.9 Å². The van der Waals surface area contributed by atoms with Crippen molar-refractivity contribution < 1.29 is 14.3 Å². The molecule has 3 rings (SSSR count). The van der Waals surface area contributed by atoms with Crippen LogP contribution < -0.4 is 0 Å². The Balaban J connectivity index is 1.78. The van der Waals surface area contributed by atoms with Gasteiger partial charge >= 0.3 is 5.97 Å². The highest BCUT2D eigenvalue weighted by atomic mass is 16.5. The molecule has 2 aromatic heterocycles. The van der Waals surface area contributed by atoms with Gasteiger partial charge in [-0.05, 0) is 37.3 Å². The van der Waals surface area contributed by atoms with E-state index in [2.05, 4.69) is 11.1 Å². The van der Waals surface area contributed by atoms with E-state index in [0.717, 1.165) is 31.6 Å². The van der Waals surface area contributed by atoms with Gasteiger partial charge in [-0.3, -0.25) is 4.79 Å². The van der Waals surface area contributed by atoms with Gasteiger partial charge in [-0.2, -0.15) is 0 Å². The first kappa shape index (κ1) is 15.5. The smallest absolute Gasteiger partial charge is 0.358 e. The number of ether oxygens (including phenoxy) is 1. The van der Waals surface area contributed by atoms with Crippen molar-refractivity contribution in [3.05, 3.63) is 35.8 Å². The second-order valence-corrected chi connectivity index (χ2v) is 5.85. The summed E-state index contributed by atoms with van der Waals surface area (Å²) in [5.41, 5.74) is 2.28. The predicted molar refractivity (Wildman–Crippen MR) is 85.4 cm³/mol. The summed E-state index contributed by atoms with van der Waals surface area (Å²) in [5, 5.41) is 0. The van der Waals surface area contributed by atoms with E-state index in [1.807, 2.05) is 21.6 Å². The van der Waals surface area contributed by atoms with Gasteiger partial charge in [-0.15, -0.1) is 0 Å². The molecule has 0 aliphatic carbocycles. The first-order chi connectivity index (χ1) is 11.1. The van der Waals surface area contributed by atoms with Crippen LogP contribution in [0.2, 0.25) is 0 Å². The first-order valence-electron chi connectivity index (χ1n) is 7.99. The molecule has 0 N–H and O–H groups in total. The average molecular weight is 315 g/mol. The van der Waals surface area contributed by atoms with Crippen molar-refractivity contribution in [2.24, 2.45) is 0 Å². The van der Waals surface area contributed by atoms with Crippen LogP contribution in [0.1, 0.15) is 48.7 Å². The second kappa shape index (κ2) is 6.40. The summed E-state index contributed by atoms with van der Waals surface area (Å²) in [5.74, 6) is 0.184. The van der Waals surface area contributed by atoms with Crippen molar-refractivity contribution in [1.82, 2.24) is 14.3 Å². The lowest BCUT2D eigenvalue weighted by Gasteiger charge is -2.31. The number of nitrogens with zero attached hydrogens (tertiary/aromatic N) is 3. The number of rotatable bonds is 3. The molecule has 3 heterocycles. The molecule has 0 radical (unpaired) electrons. The first-order valence-corrected chi connectivity index (χ1v) is 7.99. The number of imidazole rings is 1. The maximum atomic E-state index is 11.8. The number of piperidine rings is 1. The summed E-state index contributed by atoms with van der Waals surface area (Å²) in [6.07, 6.45) is 5.66. The Hall–Kier alpha value is -2.37. The summed E-state index contributed by atoms with van der Waals surface area (Å²) >= 11 is 0. The molecule has 1 fully saturated rings. The van der Waals surface area contributed by atoms with Gasteiger partial charge in [0, 0.05) is 32.4 Å². The van der Waals surface area contributed by atoms with Crippen molar-refractivity contribution in [2.45, 2.75) is 32.6 Å². The largest absolute Gasteiger partial charge is 0.461 e. The minimum Gasteiger partial charge on any atom is -0.461 e. The number of hydrogen-bond donors (Lipinski definition) is 0. The van der Waals surface area contributed by atoms with Crippen molar-refractivity contribution in [3.8, 4) is 0 Å². The number of aromatic nitrogens is 2. The number of carbonyl (C=O) groups is 2. The summed E-state index contributed by atoms with van der Waals surface area (Å²) in [4.78, 5) is 29.4. The van der Waals surface area contributed by atoms with E-state index in [1.54, 1.807) is 20.0 Å². The molecule has 1 aliphatic heterocycles. The molecule has 0 bridgehead atoms. The fourth-order valence-corrected chi connectivity index (χ4v) is 3.08. The van der Waals surface area contributed by atoms with Gasteiger partial charge < -0.3 is 14.0 Å². The Labute approximate surface area is 135 Å². The third kappa shape index (κ3) is 3.21. The number of hydrogen-bond acceptors (Lipinski definition) is 4. The molecule has 0 spiro atoms. The Morgan fingerprint density at radius 3 is 2.65 bits per heavy atom. The van der Waals surface area contributed by atoms with Crippen LogP contribution in [0.5, 0.6) is 0 Å². The number of fused-ring (bicyclic) bond motifs is 1. The predicted octanol–water partition coefficient (Wildman–Crippen LogP) is 2.24. The Kier molecular flexibility index (Phi) is 4.32. The molecule has 1 amide bonds. The Morgan fingerprint density at radius 2 is 2.00 bits per heavy atom. The van der Waals surface area contributed by atoms with Crippen molar-refractivity contribution >= 4 is 17.5 Å².